The summed E-state index contributed by atoms with van der Waals surface area (Å²) in [5.41, 5.74) is 0.625. The summed E-state index contributed by atoms with van der Waals surface area (Å²) in [5, 5.41) is 13.0. The van der Waals surface area contributed by atoms with Crippen LogP contribution in [0.4, 0.5) is 26.3 Å². The van der Waals surface area contributed by atoms with Gasteiger partial charge in [-0.2, -0.15) is 26.3 Å². The number of alkyl halides is 6. The van der Waals surface area contributed by atoms with E-state index in [1.165, 1.54) is 0 Å². The van der Waals surface area contributed by atoms with E-state index in [4.69, 9.17) is 0 Å². The van der Waals surface area contributed by atoms with Crippen molar-refractivity contribution in [3.63, 3.8) is 0 Å². The first kappa shape index (κ1) is 26.7. The van der Waals surface area contributed by atoms with Crippen LogP contribution in [0.1, 0.15) is 37.4 Å². The summed E-state index contributed by atoms with van der Waals surface area (Å²) in [7, 11) is 0. The normalized spacial score (nSPS) is 13.2. The topological polar surface area (TPSA) is 81.7 Å². The largest absolute Gasteiger partial charge is 0.484 e. The molecule has 1 aromatic carbocycles. The predicted molar refractivity (Wildman–Crippen MR) is 99.6 cm³/mol. The van der Waals surface area contributed by atoms with Crippen molar-refractivity contribution in [2.45, 2.75) is 44.3 Å². The lowest BCUT2D eigenvalue weighted by atomic mass is 10.1. The molecule has 0 heterocycles. The number of rotatable bonds is 12. The summed E-state index contributed by atoms with van der Waals surface area (Å²) >= 11 is 0. The van der Waals surface area contributed by atoms with E-state index in [1.54, 1.807) is 40.5 Å². The summed E-state index contributed by atoms with van der Waals surface area (Å²) in [6, 6.07) is 8.63. The highest BCUT2D eigenvalue weighted by molar-refractivity contribution is 5.81. The summed E-state index contributed by atoms with van der Waals surface area (Å²) in [5.74, 6) is -3.20. The number of aliphatic hydroxyl groups is 1. The molecule has 0 saturated heterocycles. The third-order valence-electron chi connectivity index (χ3n) is 4.22. The maximum Gasteiger partial charge on any atom is 0.484 e. The Morgan fingerprint density at radius 3 is 2.16 bits per heavy atom. The number of amides is 2. The lowest BCUT2D eigenvalue weighted by Gasteiger charge is -2.25. The van der Waals surface area contributed by atoms with E-state index in [0.717, 1.165) is 5.32 Å². The number of benzene rings is 1. The van der Waals surface area contributed by atoms with Crippen LogP contribution in [0.2, 0.25) is 0 Å². The van der Waals surface area contributed by atoms with Crippen LogP contribution < -0.4 is 10.6 Å². The van der Waals surface area contributed by atoms with Gasteiger partial charge in [-0.3, -0.25) is 14.9 Å². The Morgan fingerprint density at radius 1 is 0.968 bits per heavy atom. The Balaban J connectivity index is 2.51. The molecule has 176 valence electrons. The Kier molecular flexibility index (Phi) is 10.8. The van der Waals surface area contributed by atoms with Crippen LogP contribution in [-0.2, 0) is 9.59 Å². The quantitative estimate of drug-likeness (QED) is 0.256. The molecule has 0 radical (unpaired) electrons. The molecule has 2 amide bonds. The van der Waals surface area contributed by atoms with Gasteiger partial charge in [-0.1, -0.05) is 30.3 Å². The lowest BCUT2D eigenvalue weighted by molar-refractivity contribution is -0.173. The van der Waals surface area contributed by atoms with E-state index in [9.17, 15) is 41.0 Å². The molecule has 1 atom stereocenters. The number of halogens is 6. The Morgan fingerprint density at radius 2 is 1.58 bits per heavy atom. The van der Waals surface area contributed by atoms with E-state index in [-0.39, 0.29) is 38.9 Å². The number of carbonyl (C=O) groups excluding carboxylic acids is 2. The zero-order valence-corrected chi connectivity index (χ0v) is 16.6. The molecule has 0 aromatic heterocycles. The van der Waals surface area contributed by atoms with Gasteiger partial charge in [-0.25, -0.2) is 0 Å². The minimum Gasteiger partial charge on any atom is -0.387 e. The Bertz CT molecular complexity index is 683. The molecule has 0 spiro atoms. The Labute approximate surface area is 175 Å². The number of carbonyl (C=O) groups is 2. The first-order valence-electron chi connectivity index (χ1n) is 9.56. The Hall–Kier alpha value is -2.34. The van der Waals surface area contributed by atoms with E-state index in [2.05, 4.69) is 0 Å². The average molecular weight is 457 g/mol. The third-order valence-corrected chi connectivity index (χ3v) is 4.22. The average Bonchev–Trinajstić information content (AvgIpc) is 2.65. The lowest BCUT2D eigenvalue weighted by Crippen LogP contribution is -2.38. The monoisotopic (exact) mass is 457 g/mol. The molecule has 3 N–H and O–H groups in total. The molecule has 0 aliphatic carbocycles. The van der Waals surface area contributed by atoms with E-state index in [0.29, 0.717) is 18.5 Å². The predicted octanol–water partition coefficient (Wildman–Crippen LogP) is 2.90. The van der Waals surface area contributed by atoms with Crippen molar-refractivity contribution in [2.24, 2.45) is 0 Å². The molecular weight excluding hydrogens is 432 g/mol. The summed E-state index contributed by atoms with van der Waals surface area (Å²) in [6.45, 7) is 0.442. The summed E-state index contributed by atoms with van der Waals surface area (Å²) < 4.78 is 72.9. The molecule has 1 rings (SSSR count). The maximum atomic E-state index is 12.1. The number of hydrogen-bond donors (Lipinski definition) is 3. The molecule has 0 saturated carbocycles. The molecule has 31 heavy (non-hydrogen) atoms. The zero-order valence-electron chi connectivity index (χ0n) is 16.6. The van der Waals surface area contributed by atoms with Crippen molar-refractivity contribution in [1.82, 2.24) is 15.5 Å². The first-order valence-corrected chi connectivity index (χ1v) is 9.56. The second-order valence-corrected chi connectivity index (χ2v) is 6.84. The van der Waals surface area contributed by atoms with E-state index < -0.39 is 30.4 Å². The van der Waals surface area contributed by atoms with Crippen LogP contribution in [-0.4, -0.2) is 60.5 Å². The highest BCUT2D eigenvalue weighted by Gasteiger charge is 2.38. The maximum absolute atomic E-state index is 12.1. The second kappa shape index (κ2) is 12.5. The molecule has 1 aromatic rings. The standard InChI is InChI=1S/C19H25F6N3O3/c20-18(21,22)17(31)26-10-4-5-11-28(12-6-9-16(30)27-19(23,24)25)13-15(29)14-7-2-1-3-8-14/h1-3,7-8,15,29H,4-6,9-13H2,(H,26,31)(H,27,30). The van der Waals surface area contributed by atoms with Crippen molar-refractivity contribution in [1.29, 1.82) is 0 Å². The molecular formula is C19H25F6N3O3. The minimum atomic E-state index is -4.96. The number of nitrogens with zero attached hydrogens (tertiary/aromatic N) is 1. The minimum absolute atomic E-state index is 0.0915. The fraction of sp³-hybridized carbons (Fsp3) is 0.579. The second-order valence-electron chi connectivity index (χ2n) is 6.84. The van der Waals surface area contributed by atoms with Crippen molar-refractivity contribution < 1.29 is 41.0 Å². The van der Waals surface area contributed by atoms with Crippen LogP contribution in [0.5, 0.6) is 0 Å². The van der Waals surface area contributed by atoms with Crippen LogP contribution >= 0.6 is 0 Å². The van der Waals surface area contributed by atoms with Gasteiger partial charge in [-0.05, 0) is 37.9 Å². The van der Waals surface area contributed by atoms with Crippen LogP contribution in [0, 0.1) is 0 Å². The number of aliphatic hydroxyl groups excluding tert-OH is 1. The summed E-state index contributed by atoms with van der Waals surface area (Å²) in [4.78, 5) is 23.8. The van der Waals surface area contributed by atoms with Gasteiger partial charge in [-0.15, -0.1) is 0 Å². The fourth-order valence-corrected chi connectivity index (χ4v) is 2.77. The van der Waals surface area contributed by atoms with Gasteiger partial charge in [0.2, 0.25) is 5.91 Å². The molecule has 1 unspecified atom stereocenters. The van der Waals surface area contributed by atoms with Crippen LogP contribution in [0.25, 0.3) is 0 Å². The smallest absolute Gasteiger partial charge is 0.387 e. The first-order chi connectivity index (χ1) is 14.4. The van der Waals surface area contributed by atoms with Crippen molar-refractivity contribution in [3.8, 4) is 0 Å². The SMILES string of the molecule is O=C(CCCN(CCCCNC(=O)C(F)(F)F)CC(O)c1ccccc1)NC(F)(F)F. The van der Waals surface area contributed by atoms with Crippen molar-refractivity contribution in [2.75, 3.05) is 26.2 Å². The fourth-order valence-electron chi connectivity index (χ4n) is 2.77. The van der Waals surface area contributed by atoms with Crippen molar-refractivity contribution in [3.05, 3.63) is 35.9 Å². The van der Waals surface area contributed by atoms with Gasteiger partial charge in [0.15, 0.2) is 0 Å². The van der Waals surface area contributed by atoms with Crippen LogP contribution in [0.3, 0.4) is 0 Å². The third kappa shape index (κ3) is 12.2. The van der Waals surface area contributed by atoms with Gasteiger partial charge < -0.3 is 15.3 Å². The van der Waals surface area contributed by atoms with Crippen molar-refractivity contribution >= 4 is 11.8 Å². The zero-order chi connectivity index (χ0) is 23.5. The van der Waals surface area contributed by atoms with E-state index in [1.807, 2.05) is 0 Å². The van der Waals surface area contributed by atoms with Gasteiger partial charge >= 0.3 is 18.4 Å². The number of unbranched alkanes of at least 4 members (excludes halogenated alkanes) is 1. The number of hydrogen-bond acceptors (Lipinski definition) is 4. The molecule has 0 bridgehead atoms. The molecule has 0 fully saturated rings. The molecule has 12 heteroatoms. The van der Waals surface area contributed by atoms with E-state index >= 15 is 0 Å². The number of nitrogens with one attached hydrogen (secondary N) is 2. The molecule has 0 aliphatic rings. The highest BCUT2D eigenvalue weighted by Crippen LogP contribution is 2.16. The molecule has 0 aliphatic heterocycles. The van der Waals surface area contributed by atoms with Gasteiger partial charge in [0.25, 0.3) is 0 Å². The summed E-state index contributed by atoms with van der Waals surface area (Å²) in [6.07, 6.45) is -10.3. The van der Waals surface area contributed by atoms with Gasteiger partial charge in [0.05, 0.1) is 6.10 Å². The highest BCUT2D eigenvalue weighted by atomic mass is 19.4. The van der Waals surface area contributed by atoms with Gasteiger partial charge in [0.1, 0.15) is 0 Å². The van der Waals surface area contributed by atoms with Crippen LogP contribution in [0.15, 0.2) is 30.3 Å². The van der Waals surface area contributed by atoms with Gasteiger partial charge in [0, 0.05) is 19.5 Å². The molecule has 6 nitrogen and oxygen atoms in total.